The summed E-state index contributed by atoms with van der Waals surface area (Å²) in [5.41, 5.74) is 0. The standard InChI is InChI=1S/C14H22N2O5/c1-9(17)15-12(10-4-2-3-5-10)13(18)16-6-7-21-11(8-16)14(19)20/h10-12H,2-8H2,1H3,(H,15,17)(H,19,20). The summed E-state index contributed by atoms with van der Waals surface area (Å²) in [6.07, 6.45) is 2.99. The van der Waals surface area contributed by atoms with Crippen molar-refractivity contribution in [3.05, 3.63) is 0 Å². The van der Waals surface area contributed by atoms with E-state index in [1.54, 1.807) is 0 Å². The van der Waals surface area contributed by atoms with Crippen molar-refractivity contribution in [2.24, 2.45) is 5.92 Å². The van der Waals surface area contributed by atoms with Crippen LogP contribution in [0.4, 0.5) is 0 Å². The molecule has 1 heterocycles. The highest BCUT2D eigenvalue weighted by Gasteiger charge is 2.37. The number of carbonyl (C=O) groups is 3. The fourth-order valence-electron chi connectivity index (χ4n) is 3.09. The van der Waals surface area contributed by atoms with Crippen LogP contribution in [0.5, 0.6) is 0 Å². The molecule has 2 unspecified atom stereocenters. The summed E-state index contributed by atoms with van der Waals surface area (Å²) in [5, 5.41) is 11.7. The van der Waals surface area contributed by atoms with E-state index in [-0.39, 0.29) is 30.9 Å². The largest absolute Gasteiger partial charge is 0.479 e. The molecule has 2 rings (SSSR count). The third-order valence-corrected chi connectivity index (χ3v) is 4.15. The zero-order chi connectivity index (χ0) is 15.4. The second-order valence-corrected chi connectivity index (χ2v) is 5.70. The Kier molecular flexibility index (Phi) is 5.17. The number of rotatable bonds is 4. The van der Waals surface area contributed by atoms with Gasteiger partial charge in [-0.2, -0.15) is 0 Å². The number of morpholine rings is 1. The van der Waals surface area contributed by atoms with Crippen LogP contribution in [-0.2, 0) is 19.1 Å². The summed E-state index contributed by atoms with van der Waals surface area (Å²) in [6, 6.07) is -0.544. The molecule has 1 saturated heterocycles. The van der Waals surface area contributed by atoms with Gasteiger partial charge in [-0.25, -0.2) is 4.79 Å². The quantitative estimate of drug-likeness (QED) is 0.761. The lowest BCUT2D eigenvalue weighted by atomic mass is 9.96. The number of carboxylic acids is 1. The maximum absolute atomic E-state index is 12.7. The van der Waals surface area contributed by atoms with E-state index in [2.05, 4.69) is 5.32 Å². The van der Waals surface area contributed by atoms with Crippen LogP contribution < -0.4 is 5.32 Å². The summed E-state index contributed by atoms with van der Waals surface area (Å²) in [4.78, 5) is 36.5. The van der Waals surface area contributed by atoms with Gasteiger partial charge in [-0.3, -0.25) is 9.59 Å². The van der Waals surface area contributed by atoms with Crippen LogP contribution in [0.15, 0.2) is 0 Å². The number of nitrogens with zero attached hydrogens (tertiary/aromatic N) is 1. The van der Waals surface area contributed by atoms with Crippen molar-refractivity contribution in [3.8, 4) is 0 Å². The van der Waals surface area contributed by atoms with Crippen molar-refractivity contribution in [2.45, 2.75) is 44.8 Å². The van der Waals surface area contributed by atoms with Crippen LogP contribution in [0.25, 0.3) is 0 Å². The van der Waals surface area contributed by atoms with Crippen molar-refractivity contribution >= 4 is 17.8 Å². The number of hydrogen-bond donors (Lipinski definition) is 2. The van der Waals surface area contributed by atoms with E-state index in [9.17, 15) is 14.4 Å². The van der Waals surface area contributed by atoms with Crippen molar-refractivity contribution in [3.63, 3.8) is 0 Å². The van der Waals surface area contributed by atoms with Gasteiger partial charge in [0, 0.05) is 13.5 Å². The molecule has 7 nitrogen and oxygen atoms in total. The molecule has 0 aromatic heterocycles. The van der Waals surface area contributed by atoms with Gasteiger partial charge in [0.25, 0.3) is 0 Å². The lowest BCUT2D eigenvalue weighted by Gasteiger charge is -2.35. The average molecular weight is 298 g/mol. The summed E-state index contributed by atoms with van der Waals surface area (Å²) >= 11 is 0. The van der Waals surface area contributed by atoms with Gasteiger partial charge < -0.3 is 20.1 Å². The molecule has 1 aliphatic carbocycles. The minimum Gasteiger partial charge on any atom is -0.479 e. The molecule has 1 saturated carbocycles. The van der Waals surface area contributed by atoms with Crippen molar-refractivity contribution in [2.75, 3.05) is 19.7 Å². The van der Waals surface area contributed by atoms with Gasteiger partial charge in [-0.1, -0.05) is 12.8 Å². The molecule has 0 spiro atoms. The van der Waals surface area contributed by atoms with Gasteiger partial charge in [-0.05, 0) is 18.8 Å². The Labute approximate surface area is 123 Å². The predicted octanol–water partition coefficient (Wildman–Crippen LogP) is -0.00670. The van der Waals surface area contributed by atoms with E-state index in [0.29, 0.717) is 6.54 Å². The summed E-state index contributed by atoms with van der Waals surface area (Å²) in [5.74, 6) is -1.34. The molecule has 0 aromatic carbocycles. The van der Waals surface area contributed by atoms with Crippen LogP contribution in [0.2, 0.25) is 0 Å². The molecule has 2 amide bonds. The Bertz CT molecular complexity index is 420. The predicted molar refractivity (Wildman–Crippen MR) is 73.5 cm³/mol. The zero-order valence-corrected chi connectivity index (χ0v) is 12.2. The Morgan fingerprint density at radius 2 is 1.95 bits per heavy atom. The number of carbonyl (C=O) groups excluding carboxylic acids is 2. The van der Waals surface area contributed by atoms with Crippen molar-refractivity contribution < 1.29 is 24.2 Å². The molecule has 0 bridgehead atoms. The fraction of sp³-hybridized carbons (Fsp3) is 0.786. The number of ether oxygens (including phenoxy) is 1. The van der Waals surface area contributed by atoms with Crippen LogP contribution in [0.1, 0.15) is 32.6 Å². The highest BCUT2D eigenvalue weighted by atomic mass is 16.5. The first kappa shape index (κ1) is 15.8. The Hall–Kier alpha value is -1.63. The minimum atomic E-state index is -1.07. The number of nitrogens with one attached hydrogen (secondary N) is 1. The summed E-state index contributed by atoms with van der Waals surface area (Å²) < 4.78 is 5.13. The summed E-state index contributed by atoms with van der Waals surface area (Å²) in [6.45, 7) is 2.01. The van der Waals surface area contributed by atoms with E-state index in [1.807, 2.05) is 0 Å². The molecule has 2 N–H and O–H groups in total. The SMILES string of the molecule is CC(=O)NC(C(=O)N1CCOC(C(=O)O)C1)C1CCCC1. The maximum atomic E-state index is 12.7. The first-order valence-corrected chi connectivity index (χ1v) is 7.39. The second kappa shape index (κ2) is 6.89. The van der Waals surface area contributed by atoms with Gasteiger partial charge in [0.2, 0.25) is 11.8 Å². The molecule has 2 aliphatic rings. The highest BCUT2D eigenvalue weighted by molar-refractivity contribution is 5.87. The molecule has 2 atom stereocenters. The lowest BCUT2D eigenvalue weighted by molar-refractivity contribution is -0.160. The first-order valence-electron chi connectivity index (χ1n) is 7.39. The third kappa shape index (κ3) is 3.93. The van der Waals surface area contributed by atoms with Crippen molar-refractivity contribution in [1.82, 2.24) is 10.2 Å². The molecule has 118 valence electrons. The van der Waals surface area contributed by atoms with E-state index in [0.717, 1.165) is 25.7 Å². The monoisotopic (exact) mass is 298 g/mol. The Morgan fingerprint density at radius 3 is 2.52 bits per heavy atom. The Balaban J connectivity index is 2.05. The summed E-state index contributed by atoms with van der Waals surface area (Å²) in [7, 11) is 0. The molecular formula is C14H22N2O5. The molecule has 0 radical (unpaired) electrons. The fourth-order valence-corrected chi connectivity index (χ4v) is 3.09. The van der Waals surface area contributed by atoms with Crippen LogP contribution >= 0.6 is 0 Å². The molecule has 0 aromatic rings. The third-order valence-electron chi connectivity index (χ3n) is 4.15. The van der Waals surface area contributed by atoms with Gasteiger partial charge in [0.05, 0.1) is 13.2 Å². The second-order valence-electron chi connectivity index (χ2n) is 5.70. The van der Waals surface area contributed by atoms with Gasteiger partial charge in [-0.15, -0.1) is 0 Å². The Morgan fingerprint density at radius 1 is 1.29 bits per heavy atom. The number of hydrogen-bond acceptors (Lipinski definition) is 4. The highest BCUT2D eigenvalue weighted by Crippen LogP contribution is 2.29. The van der Waals surface area contributed by atoms with E-state index < -0.39 is 18.1 Å². The van der Waals surface area contributed by atoms with Gasteiger partial charge in [0.15, 0.2) is 6.10 Å². The normalized spacial score (nSPS) is 24.6. The molecular weight excluding hydrogens is 276 g/mol. The van der Waals surface area contributed by atoms with E-state index in [4.69, 9.17) is 9.84 Å². The van der Waals surface area contributed by atoms with Gasteiger partial charge >= 0.3 is 5.97 Å². The van der Waals surface area contributed by atoms with Crippen LogP contribution in [-0.4, -0.2) is 59.6 Å². The van der Waals surface area contributed by atoms with Gasteiger partial charge in [0.1, 0.15) is 6.04 Å². The van der Waals surface area contributed by atoms with Crippen molar-refractivity contribution in [1.29, 1.82) is 0 Å². The number of amides is 2. The smallest absolute Gasteiger partial charge is 0.334 e. The van der Waals surface area contributed by atoms with E-state index >= 15 is 0 Å². The number of aliphatic carboxylic acids is 1. The minimum absolute atomic E-state index is 0.0387. The van der Waals surface area contributed by atoms with Crippen LogP contribution in [0.3, 0.4) is 0 Å². The lowest BCUT2D eigenvalue weighted by Crippen LogP contribution is -2.56. The molecule has 7 heteroatoms. The van der Waals surface area contributed by atoms with Crippen LogP contribution in [0, 0.1) is 5.92 Å². The zero-order valence-electron chi connectivity index (χ0n) is 12.2. The molecule has 2 fully saturated rings. The molecule has 21 heavy (non-hydrogen) atoms. The molecule has 1 aliphatic heterocycles. The first-order chi connectivity index (χ1) is 9.99. The average Bonchev–Trinajstić information content (AvgIpc) is 2.98. The topological polar surface area (TPSA) is 95.9 Å². The van der Waals surface area contributed by atoms with E-state index in [1.165, 1.54) is 11.8 Å². The maximum Gasteiger partial charge on any atom is 0.334 e. The number of carboxylic acid groups (broad SMARTS) is 1.